The quantitative estimate of drug-likeness (QED) is 0.876. The molecule has 0 bridgehead atoms. The van der Waals surface area contributed by atoms with E-state index in [0.29, 0.717) is 11.6 Å². The molecule has 110 valence electrons. The summed E-state index contributed by atoms with van der Waals surface area (Å²) >= 11 is 5.89. The van der Waals surface area contributed by atoms with Crippen LogP contribution in [0.5, 0.6) is 0 Å². The van der Waals surface area contributed by atoms with Crippen molar-refractivity contribution < 1.29 is 4.79 Å². The second-order valence-electron chi connectivity index (χ2n) is 5.36. The summed E-state index contributed by atoms with van der Waals surface area (Å²) in [5, 5.41) is 3.51. The van der Waals surface area contributed by atoms with Crippen molar-refractivity contribution in [2.45, 2.75) is 19.3 Å². The number of halogens is 1. The second-order valence-corrected chi connectivity index (χ2v) is 5.79. The topological polar surface area (TPSA) is 58.4 Å². The first-order valence-electron chi connectivity index (χ1n) is 7.15. The molecule has 0 atom stereocenters. The van der Waals surface area contributed by atoms with E-state index in [0.717, 1.165) is 50.5 Å². The number of carbonyl (C=O) groups excluding carboxylic acids is 1. The SMILES string of the molecule is NCCC1CCN(CC(=O)Nc2cccc(Cl)c2)CC1. The Hall–Kier alpha value is -1.10. The fraction of sp³-hybridized carbons (Fsp3) is 0.533. The van der Waals surface area contributed by atoms with E-state index in [1.807, 2.05) is 12.1 Å². The predicted molar refractivity (Wildman–Crippen MR) is 82.9 cm³/mol. The summed E-state index contributed by atoms with van der Waals surface area (Å²) in [6.45, 7) is 3.17. The number of benzene rings is 1. The van der Waals surface area contributed by atoms with E-state index >= 15 is 0 Å². The number of likely N-dealkylation sites (tertiary alicyclic amines) is 1. The zero-order valence-electron chi connectivity index (χ0n) is 11.6. The first kappa shape index (κ1) is 15.3. The molecule has 5 heteroatoms. The van der Waals surface area contributed by atoms with Gasteiger partial charge in [0, 0.05) is 10.7 Å². The van der Waals surface area contributed by atoms with Crippen LogP contribution in [0.15, 0.2) is 24.3 Å². The molecule has 2 rings (SSSR count). The van der Waals surface area contributed by atoms with E-state index in [9.17, 15) is 4.79 Å². The number of nitrogens with two attached hydrogens (primary N) is 1. The predicted octanol–water partition coefficient (Wildman–Crippen LogP) is 2.34. The Kier molecular flexibility index (Phi) is 5.83. The van der Waals surface area contributed by atoms with E-state index in [-0.39, 0.29) is 5.91 Å². The molecule has 0 spiro atoms. The molecule has 0 aromatic heterocycles. The van der Waals surface area contributed by atoms with Crippen LogP contribution < -0.4 is 11.1 Å². The van der Waals surface area contributed by atoms with Crippen molar-refractivity contribution in [2.24, 2.45) is 11.7 Å². The van der Waals surface area contributed by atoms with E-state index in [1.165, 1.54) is 0 Å². The summed E-state index contributed by atoms with van der Waals surface area (Å²) in [6.07, 6.45) is 3.38. The number of anilines is 1. The van der Waals surface area contributed by atoms with Crippen molar-refractivity contribution in [1.82, 2.24) is 4.90 Å². The van der Waals surface area contributed by atoms with Gasteiger partial charge in [0.05, 0.1) is 6.54 Å². The average molecular weight is 296 g/mol. The molecule has 1 saturated heterocycles. The Balaban J connectivity index is 1.75. The van der Waals surface area contributed by atoms with E-state index < -0.39 is 0 Å². The third kappa shape index (κ3) is 4.78. The molecule has 3 N–H and O–H groups in total. The zero-order valence-corrected chi connectivity index (χ0v) is 12.4. The second kappa shape index (κ2) is 7.62. The Labute approximate surface area is 125 Å². The molecular formula is C15H22ClN3O. The molecule has 1 fully saturated rings. The minimum Gasteiger partial charge on any atom is -0.330 e. The van der Waals surface area contributed by atoms with Gasteiger partial charge in [0.15, 0.2) is 0 Å². The smallest absolute Gasteiger partial charge is 0.238 e. The average Bonchev–Trinajstić information content (AvgIpc) is 2.41. The molecule has 1 aromatic carbocycles. The summed E-state index contributed by atoms with van der Waals surface area (Å²) in [4.78, 5) is 14.2. The van der Waals surface area contributed by atoms with Gasteiger partial charge in [-0.2, -0.15) is 0 Å². The highest BCUT2D eigenvalue weighted by atomic mass is 35.5. The molecule has 1 amide bonds. The largest absolute Gasteiger partial charge is 0.330 e. The van der Waals surface area contributed by atoms with Crippen LogP contribution in [-0.4, -0.2) is 37.0 Å². The van der Waals surface area contributed by atoms with E-state index in [2.05, 4.69) is 10.2 Å². The van der Waals surface area contributed by atoms with Gasteiger partial charge in [0.1, 0.15) is 0 Å². The lowest BCUT2D eigenvalue weighted by atomic mass is 9.94. The lowest BCUT2D eigenvalue weighted by Crippen LogP contribution is -2.39. The maximum absolute atomic E-state index is 12.0. The standard InChI is InChI=1S/C15H22ClN3O/c16-13-2-1-3-14(10-13)18-15(20)11-19-8-5-12(4-7-17)6-9-19/h1-3,10,12H,4-9,11,17H2,(H,18,20). The molecule has 20 heavy (non-hydrogen) atoms. The molecule has 1 aliphatic heterocycles. The number of hydrogen-bond acceptors (Lipinski definition) is 3. The number of piperidine rings is 1. The van der Waals surface area contributed by atoms with Crippen molar-refractivity contribution >= 4 is 23.2 Å². The third-order valence-electron chi connectivity index (χ3n) is 3.76. The molecular weight excluding hydrogens is 274 g/mol. The molecule has 0 aliphatic carbocycles. The highest BCUT2D eigenvalue weighted by Gasteiger charge is 2.20. The Bertz CT molecular complexity index is 444. The van der Waals surface area contributed by atoms with Gasteiger partial charge in [-0.15, -0.1) is 0 Å². The number of carbonyl (C=O) groups is 1. The van der Waals surface area contributed by atoms with Crippen molar-refractivity contribution in [3.63, 3.8) is 0 Å². The van der Waals surface area contributed by atoms with Gasteiger partial charge in [0.25, 0.3) is 0 Å². The number of rotatable bonds is 5. The summed E-state index contributed by atoms with van der Waals surface area (Å²) in [5.74, 6) is 0.747. The van der Waals surface area contributed by atoms with Gasteiger partial charge in [-0.3, -0.25) is 9.69 Å². The molecule has 1 aromatic rings. The molecule has 0 unspecified atom stereocenters. The summed E-state index contributed by atoms with van der Waals surface area (Å²) < 4.78 is 0. The van der Waals surface area contributed by atoms with Crippen molar-refractivity contribution in [1.29, 1.82) is 0 Å². The number of nitrogens with one attached hydrogen (secondary N) is 1. The summed E-state index contributed by atoms with van der Waals surface area (Å²) in [6, 6.07) is 7.22. The van der Waals surface area contributed by atoms with Crippen LogP contribution in [-0.2, 0) is 4.79 Å². The number of nitrogens with zero attached hydrogens (tertiary/aromatic N) is 1. The number of amides is 1. The molecule has 1 aliphatic rings. The normalized spacial score (nSPS) is 17.1. The minimum atomic E-state index is 0.0181. The molecule has 1 heterocycles. The first-order valence-corrected chi connectivity index (χ1v) is 7.53. The van der Waals surface area contributed by atoms with Gasteiger partial charge in [-0.05, 0) is 63.0 Å². The van der Waals surface area contributed by atoms with E-state index in [4.69, 9.17) is 17.3 Å². The van der Waals surface area contributed by atoms with Crippen LogP contribution in [0.25, 0.3) is 0 Å². The highest BCUT2D eigenvalue weighted by Crippen LogP contribution is 2.20. The van der Waals surface area contributed by atoms with Crippen LogP contribution in [0.2, 0.25) is 5.02 Å². The van der Waals surface area contributed by atoms with Gasteiger partial charge in [0.2, 0.25) is 5.91 Å². The Morgan fingerprint density at radius 3 is 2.80 bits per heavy atom. The molecule has 0 radical (unpaired) electrons. The lowest BCUT2D eigenvalue weighted by Gasteiger charge is -2.31. The van der Waals surface area contributed by atoms with Gasteiger partial charge >= 0.3 is 0 Å². The van der Waals surface area contributed by atoms with Gasteiger partial charge in [-0.1, -0.05) is 17.7 Å². The van der Waals surface area contributed by atoms with Crippen molar-refractivity contribution in [3.05, 3.63) is 29.3 Å². The monoisotopic (exact) mass is 295 g/mol. The lowest BCUT2D eigenvalue weighted by molar-refractivity contribution is -0.117. The number of hydrogen-bond donors (Lipinski definition) is 2. The van der Waals surface area contributed by atoms with E-state index in [1.54, 1.807) is 12.1 Å². The van der Waals surface area contributed by atoms with Crippen molar-refractivity contribution in [3.8, 4) is 0 Å². The molecule has 0 saturated carbocycles. The van der Waals surface area contributed by atoms with Crippen LogP contribution in [0.4, 0.5) is 5.69 Å². The fourth-order valence-electron chi connectivity index (χ4n) is 2.64. The maximum atomic E-state index is 12.0. The van der Waals surface area contributed by atoms with Crippen LogP contribution >= 0.6 is 11.6 Å². The maximum Gasteiger partial charge on any atom is 0.238 e. The van der Waals surface area contributed by atoms with Crippen LogP contribution in [0, 0.1) is 5.92 Å². The van der Waals surface area contributed by atoms with Gasteiger partial charge < -0.3 is 11.1 Å². The summed E-state index contributed by atoms with van der Waals surface area (Å²) in [5.41, 5.74) is 6.33. The summed E-state index contributed by atoms with van der Waals surface area (Å²) in [7, 11) is 0. The minimum absolute atomic E-state index is 0.0181. The highest BCUT2D eigenvalue weighted by molar-refractivity contribution is 6.30. The zero-order chi connectivity index (χ0) is 14.4. The van der Waals surface area contributed by atoms with Crippen LogP contribution in [0.3, 0.4) is 0 Å². The van der Waals surface area contributed by atoms with Crippen molar-refractivity contribution in [2.75, 3.05) is 31.5 Å². The Morgan fingerprint density at radius 2 is 2.15 bits per heavy atom. The first-order chi connectivity index (χ1) is 9.67. The third-order valence-corrected chi connectivity index (χ3v) is 3.99. The van der Waals surface area contributed by atoms with Gasteiger partial charge in [-0.25, -0.2) is 0 Å². The van der Waals surface area contributed by atoms with Crippen LogP contribution in [0.1, 0.15) is 19.3 Å². The Morgan fingerprint density at radius 1 is 1.40 bits per heavy atom. The fourth-order valence-corrected chi connectivity index (χ4v) is 2.83. The molecule has 4 nitrogen and oxygen atoms in total.